The first-order valence-corrected chi connectivity index (χ1v) is 18.3. The molecule has 3 heterocycles. The van der Waals surface area contributed by atoms with Crippen molar-refractivity contribution in [1.82, 2.24) is 13.7 Å². The fourth-order valence-electron chi connectivity index (χ4n) is 8.82. The zero-order valence-corrected chi connectivity index (χ0v) is 29.5. The maximum absolute atomic E-state index is 10.3. The molecule has 5 heteroatoms. The zero-order valence-electron chi connectivity index (χ0n) is 29.5. The molecule has 0 saturated carbocycles. The zero-order chi connectivity index (χ0) is 36.6. The van der Waals surface area contributed by atoms with Gasteiger partial charge < -0.3 is 13.7 Å². The number of para-hydroxylation sites is 6. The minimum Gasteiger partial charge on any atom is -0.317 e. The molecule has 55 heavy (non-hydrogen) atoms. The van der Waals surface area contributed by atoms with Gasteiger partial charge in [0, 0.05) is 43.7 Å². The fraction of sp³-hybridized carbons (Fsp3) is 0. The summed E-state index contributed by atoms with van der Waals surface area (Å²) < 4.78 is 6.83. The molecule has 8 aromatic carbocycles. The van der Waals surface area contributed by atoms with Gasteiger partial charge in [-0.15, -0.1) is 0 Å². The number of benzene rings is 8. The Hall–Kier alpha value is -7.86. The van der Waals surface area contributed by atoms with E-state index in [-0.39, 0.29) is 0 Å². The largest absolute Gasteiger partial charge is 0.317 e. The molecule has 0 fully saturated rings. The molecule has 3 aromatic heterocycles. The Balaban J connectivity index is 1.14. The first kappa shape index (κ1) is 30.7. The summed E-state index contributed by atoms with van der Waals surface area (Å²) in [4.78, 5) is 4.04. The third-order valence-corrected chi connectivity index (χ3v) is 11.1. The van der Waals surface area contributed by atoms with Gasteiger partial charge in [-0.25, -0.2) is 4.85 Å². The van der Waals surface area contributed by atoms with Crippen LogP contribution in [0.4, 0.5) is 5.69 Å². The number of nitriles is 1. The summed E-state index contributed by atoms with van der Waals surface area (Å²) >= 11 is 0. The maximum Gasteiger partial charge on any atom is 0.211 e. The van der Waals surface area contributed by atoms with Gasteiger partial charge in [-0.05, 0) is 71.8 Å². The van der Waals surface area contributed by atoms with E-state index in [0.29, 0.717) is 11.3 Å². The van der Waals surface area contributed by atoms with E-state index in [0.717, 1.165) is 61.0 Å². The number of hydrogen-bond acceptors (Lipinski definition) is 1. The standard InChI is InChI=1S/C50H29N5/c1-52-43-22-12-20-36(50(43)55-47-26-9-4-18-39(47)41-21-11-14-33(31-51)49(41)55)32-13-10-15-34(29-32)53-46-25-8-5-19-40(46)42-30-35(27-28-48(42)53)54-44-23-6-2-16-37(44)38-17-3-7-24-45(38)54/h2-30H. The predicted molar refractivity (Wildman–Crippen MR) is 226 cm³/mol. The molecule has 0 N–H and O–H groups in total. The van der Waals surface area contributed by atoms with Gasteiger partial charge in [0.25, 0.3) is 0 Å². The second-order valence-corrected chi connectivity index (χ2v) is 13.9. The van der Waals surface area contributed by atoms with Crippen LogP contribution in [0.2, 0.25) is 0 Å². The highest BCUT2D eigenvalue weighted by Gasteiger charge is 2.22. The minimum absolute atomic E-state index is 0.521. The monoisotopic (exact) mass is 699 g/mol. The van der Waals surface area contributed by atoms with Crippen LogP contribution in [0.1, 0.15) is 5.56 Å². The van der Waals surface area contributed by atoms with Gasteiger partial charge in [0.2, 0.25) is 5.69 Å². The molecule has 0 radical (unpaired) electrons. The molecule has 0 aliphatic carbocycles. The van der Waals surface area contributed by atoms with E-state index in [1.54, 1.807) is 0 Å². The lowest BCUT2D eigenvalue weighted by atomic mass is 10.0. The highest BCUT2D eigenvalue weighted by molar-refractivity contribution is 6.13. The van der Waals surface area contributed by atoms with E-state index in [4.69, 9.17) is 6.57 Å². The third-order valence-electron chi connectivity index (χ3n) is 11.1. The van der Waals surface area contributed by atoms with Crippen LogP contribution in [0.15, 0.2) is 176 Å². The van der Waals surface area contributed by atoms with Gasteiger partial charge in [0.15, 0.2) is 0 Å². The van der Waals surface area contributed by atoms with Crippen molar-refractivity contribution in [2.45, 2.75) is 0 Å². The molecule has 0 spiro atoms. The normalized spacial score (nSPS) is 11.6. The van der Waals surface area contributed by atoms with E-state index in [1.807, 2.05) is 36.4 Å². The molecule has 0 aliphatic rings. The first-order chi connectivity index (χ1) is 27.2. The molecule has 0 aliphatic heterocycles. The number of hydrogen-bond donors (Lipinski definition) is 0. The van der Waals surface area contributed by atoms with Crippen LogP contribution in [0.25, 0.3) is 98.5 Å². The van der Waals surface area contributed by atoms with Crippen LogP contribution in [0.5, 0.6) is 0 Å². The molecule has 11 aromatic rings. The van der Waals surface area contributed by atoms with Crippen molar-refractivity contribution in [3.63, 3.8) is 0 Å². The number of aromatic nitrogens is 3. The molecule has 0 bridgehead atoms. The number of fused-ring (bicyclic) bond motifs is 9. The summed E-state index contributed by atoms with van der Waals surface area (Å²) in [5, 5.41) is 17.2. The smallest absolute Gasteiger partial charge is 0.211 e. The molecule has 0 unspecified atom stereocenters. The number of rotatable bonds is 4. The van der Waals surface area contributed by atoms with E-state index in [9.17, 15) is 5.26 Å². The molecular formula is C50H29N5. The van der Waals surface area contributed by atoms with Gasteiger partial charge in [-0.1, -0.05) is 115 Å². The van der Waals surface area contributed by atoms with E-state index >= 15 is 0 Å². The lowest BCUT2D eigenvalue weighted by Crippen LogP contribution is -2.00. The van der Waals surface area contributed by atoms with Crippen molar-refractivity contribution in [2.24, 2.45) is 0 Å². The van der Waals surface area contributed by atoms with E-state index < -0.39 is 0 Å². The summed E-state index contributed by atoms with van der Waals surface area (Å²) in [6, 6.07) is 63.6. The second-order valence-electron chi connectivity index (χ2n) is 13.9. The molecule has 5 nitrogen and oxygen atoms in total. The SMILES string of the molecule is [C-]#[N+]c1cccc(-c2cccc(-n3c4ccccc4c4cc(-n5c6ccccc6c6ccccc65)ccc43)c2)c1-n1c2ccccc2c2cccc(C#N)c21. The summed E-state index contributed by atoms with van der Waals surface area (Å²) in [7, 11) is 0. The van der Waals surface area contributed by atoms with Gasteiger partial charge in [-0.2, -0.15) is 5.26 Å². The summed E-state index contributed by atoms with van der Waals surface area (Å²) in [5.74, 6) is 0. The maximum atomic E-state index is 10.3. The van der Waals surface area contributed by atoms with Crippen LogP contribution in [-0.4, -0.2) is 13.7 Å². The number of nitrogens with zero attached hydrogens (tertiary/aromatic N) is 5. The fourth-order valence-corrected chi connectivity index (χ4v) is 8.82. The Morgan fingerprint density at radius 3 is 1.58 bits per heavy atom. The van der Waals surface area contributed by atoms with Crippen molar-refractivity contribution in [3.05, 3.63) is 193 Å². The van der Waals surface area contributed by atoms with Crippen molar-refractivity contribution in [1.29, 1.82) is 5.26 Å². The van der Waals surface area contributed by atoms with E-state index in [2.05, 4.69) is 164 Å². The van der Waals surface area contributed by atoms with E-state index in [1.165, 1.54) is 32.6 Å². The molecule has 0 saturated heterocycles. The first-order valence-electron chi connectivity index (χ1n) is 18.3. The summed E-state index contributed by atoms with van der Waals surface area (Å²) in [6.45, 7) is 8.30. The Bertz CT molecular complexity index is 3420. The van der Waals surface area contributed by atoms with Crippen molar-refractivity contribution >= 4 is 71.1 Å². The van der Waals surface area contributed by atoms with Gasteiger partial charge in [0.1, 0.15) is 6.07 Å². The summed E-state index contributed by atoms with van der Waals surface area (Å²) in [5.41, 5.74) is 12.2. The Morgan fingerprint density at radius 2 is 0.945 bits per heavy atom. The van der Waals surface area contributed by atoms with Gasteiger partial charge in [-0.3, -0.25) is 0 Å². The molecular weight excluding hydrogens is 671 g/mol. The van der Waals surface area contributed by atoms with Crippen LogP contribution >= 0.6 is 0 Å². The average molecular weight is 700 g/mol. The highest BCUT2D eigenvalue weighted by atomic mass is 15.0. The van der Waals surface area contributed by atoms with Gasteiger partial charge in [0.05, 0.1) is 50.9 Å². The van der Waals surface area contributed by atoms with Crippen LogP contribution in [0, 0.1) is 17.9 Å². The highest BCUT2D eigenvalue weighted by Crippen LogP contribution is 2.43. The molecule has 11 rings (SSSR count). The summed E-state index contributed by atoms with van der Waals surface area (Å²) in [6.07, 6.45) is 0. The van der Waals surface area contributed by atoms with Gasteiger partial charge >= 0.3 is 0 Å². The minimum atomic E-state index is 0.521. The Morgan fingerprint density at radius 1 is 0.436 bits per heavy atom. The lowest BCUT2D eigenvalue weighted by Gasteiger charge is -2.17. The topological polar surface area (TPSA) is 42.9 Å². The van der Waals surface area contributed by atoms with Crippen LogP contribution < -0.4 is 0 Å². The second kappa shape index (κ2) is 11.8. The Labute approximate surface area is 316 Å². The Kier molecular flexibility index (Phi) is 6.61. The lowest BCUT2D eigenvalue weighted by molar-refractivity contribution is 1.16. The van der Waals surface area contributed by atoms with Crippen molar-refractivity contribution < 1.29 is 0 Å². The predicted octanol–water partition coefficient (Wildman–Crippen LogP) is 13.1. The third kappa shape index (κ3) is 4.39. The van der Waals surface area contributed by atoms with Crippen LogP contribution in [0.3, 0.4) is 0 Å². The molecule has 0 atom stereocenters. The molecule has 0 amide bonds. The molecule has 254 valence electrons. The van der Waals surface area contributed by atoms with Crippen molar-refractivity contribution in [3.8, 4) is 34.3 Å². The quantitative estimate of drug-likeness (QED) is 0.169. The average Bonchev–Trinajstić information content (AvgIpc) is 3.89. The van der Waals surface area contributed by atoms with Crippen LogP contribution in [-0.2, 0) is 0 Å². The van der Waals surface area contributed by atoms with Crippen molar-refractivity contribution in [2.75, 3.05) is 0 Å².